The predicted molar refractivity (Wildman–Crippen MR) is 57.1 cm³/mol. The molecule has 2 heterocycles. The van der Waals surface area contributed by atoms with Gasteiger partial charge in [-0.15, -0.1) is 0 Å². The highest BCUT2D eigenvalue weighted by molar-refractivity contribution is 5.63. The van der Waals surface area contributed by atoms with Gasteiger partial charge in [0.15, 0.2) is 0 Å². The van der Waals surface area contributed by atoms with E-state index in [0.717, 1.165) is 31.6 Å². The van der Waals surface area contributed by atoms with Crippen molar-refractivity contribution in [3.05, 3.63) is 28.1 Å². The van der Waals surface area contributed by atoms with E-state index in [-0.39, 0.29) is 10.6 Å². The van der Waals surface area contributed by atoms with Gasteiger partial charge in [0.05, 0.1) is 4.92 Å². The highest BCUT2D eigenvalue weighted by Gasteiger charge is 2.22. The van der Waals surface area contributed by atoms with Crippen LogP contribution >= 0.6 is 0 Å². The van der Waals surface area contributed by atoms with Crippen molar-refractivity contribution in [2.24, 2.45) is 0 Å². The van der Waals surface area contributed by atoms with E-state index in [0.29, 0.717) is 5.69 Å². The second-order valence-electron chi connectivity index (χ2n) is 3.77. The Balaban J connectivity index is 2.41. The molecular weight excluding hydrogens is 194 g/mol. The van der Waals surface area contributed by atoms with E-state index in [4.69, 9.17) is 0 Å². The van der Waals surface area contributed by atoms with E-state index in [9.17, 15) is 10.1 Å². The van der Waals surface area contributed by atoms with Crippen LogP contribution in [0.25, 0.3) is 0 Å². The molecule has 2 rings (SSSR count). The van der Waals surface area contributed by atoms with E-state index in [1.807, 2.05) is 6.92 Å². The molecule has 5 heteroatoms. The van der Waals surface area contributed by atoms with Crippen LogP contribution in [0.4, 0.5) is 11.4 Å². The third-order valence-electron chi connectivity index (χ3n) is 2.64. The maximum Gasteiger partial charge on any atom is 0.310 e. The van der Waals surface area contributed by atoms with Gasteiger partial charge in [0.1, 0.15) is 11.9 Å². The van der Waals surface area contributed by atoms with Gasteiger partial charge >= 0.3 is 5.69 Å². The lowest BCUT2D eigenvalue weighted by Crippen LogP contribution is -2.19. The van der Waals surface area contributed by atoms with E-state index in [1.165, 1.54) is 6.20 Å². The average Bonchev–Trinajstić information content (AvgIpc) is 2.69. The standard InChI is InChI=1S/C10H13N3O2/c1-8-6-9(12-4-2-3-5-12)10(7-11-8)13(14)15/h6-7H,2-5H2,1H3. The molecule has 1 saturated heterocycles. The summed E-state index contributed by atoms with van der Waals surface area (Å²) < 4.78 is 0. The van der Waals surface area contributed by atoms with Crippen LogP contribution in [0.2, 0.25) is 0 Å². The first-order valence-corrected chi connectivity index (χ1v) is 5.04. The quantitative estimate of drug-likeness (QED) is 0.549. The minimum Gasteiger partial charge on any atom is -0.366 e. The maximum atomic E-state index is 10.8. The van der Waals surface area contributed by atoms with E-state index in [1.54, 1.807) is 6.07 Å². The third kappa shape index (κ3) is 1.91. The van der Waals surface area contributed by atoms with Crippen LogP contribution in [0.15, 0.2) is 12.3 Å². The molecule has 1 aliphatic heterocycles. The number of nitro groups is 1. The van der Waals surface area contributed by atoms with Gasteiger partial charge in [0, 0.05) is 18.8 Å². The van der Waals surface area contributed by atoms with Crippen molar-refractivity contribution in [3.63, 3.8) is 0 Å². The Kier molecular flexibility index (Phi) is 2.53. The molecule has 0 radical (unpaired) electrons. The molecule has 1 aliphatic rings. The van der Waals surface area contributed by atoms with E-state index < -0.39 is 0 Å². The highest BCUT2D eigenvalue weighted by atomic mass is 16.6. The van der Waals surface area contributed by atoms with Gasteiger partial charge in [-0.3, -0.25) is 15.1 Å². The molecule has 80 valence electrons. The Bertz CT molecular complexity index is 386. The molecule has 5 nitrogen and oxygen atoms in total. The number of hydrogen-bond donors (Lipinski definition) is 0. The van der Waals surface area contributed by atoms with Gasteiger partial charge in [0.2, 0.25) is 0 Å². The molecule has 15 heavy (non-hydrogen) atoms. The highest BCUT2D eigenvalue weighted by Crippen LogP contribution is 2.30. The summed E-state index contributed by atoms with van der Waals surface area (Å²) in [6, 6.07) is 1.80. The van der Waals surface area contributed by atoms with Gasteiger partial charge in [-0.25, -0.2) is 0 Å². The fourth-order valence-electron chi connectivity index (χ4n) is 1.89. The molecule has 0 atom stereocenters. The summed E-state index contributed by atoms with van der Waals surface area (Å²) in [7, 11) is 0. The molecule has 0 aromatic carbocycles. The van der Waals surface area contributed by atoms with Crippen LogP contribution in [0.5, 0.6) is 0 Å². The molecule has 0 amide bonds. The molecule has 0 N–H and O–H groups in total. The SMILES string of the molecule is Cc1cc(N2CCCC2)c([N+](=O)[O-])cn1. The Morgan fingerprint density at radius 2 is 2.13 bits per heavy atom. The largest absolute Gasteiger partial charge is 0.366 e. The van der Waals surface area contributed by atoms with Crippen LogP contribution in [-0.2, 0) is 0 Å². The maximum absolute atomic E-state index is 10.8. The fraction of sp³-hybridized carbons (Fsp3) is 0.500. The van der Waals surface area contributed by atoms with Crippen LogP contribution in [0.3, 0.4) is 0 Å². The zero-order valence-electron chi connectivity index (χ0n) is 8.64. The number of aromatic nitrogens is 1. The van der Waals surface area contributed by atoms with Crippen LogP contribution in [-0.4, -0.2) is 23.0 Å². The summed E-state index contributed by atoms with van der Waals surface area (Å²) in [6.45, 7) is 3.66. The summed E-state index contributed by atoms with van der Waals surface area (Å²) in [5.41, 5.74) is 1.65. The summed E-state index contributed by atoms with van der Waals surface area (Å²) >= 11 is 0. The van der Waals surface area contributed by atoms with Crippen molar-refractivity contribution in [3.8, 4) is 0 Å². The molecule has 0 saturated carbocycles. The predicted octanol–water partition coefficient (Wildman–Crippen LogP) is 1.90. The van der Waals surface area contributed by atoms with Crippen molar-refractivity contribution >= 4 is 11.4 Å². The molecule has 0 spiro atoms. The minimum atomic E-state index is -0.361. The van der Waals surface area contributed by atoms with Gasteiger partial charge in [-0.1, -0.05) is 0 Å². The zero-order chi connectivity index (χ0) is 10.8. The van der Waals surface area contributed by atoms with Gasteiger partial charge in [-0.05, 0) is 25.8 Å². The minimum absolute atomic E-state index is 0.113. The first kappa shape index (κ1) is 9.89. The van der Waals surface area contributed by atoms with Crippen molar-refractivity contribution < 1.29 is 4.92 Å². The van der Waals surface area contributed by atoms with Gasteiger partial charge in [-0.2, -0.15) is 0 Å². The van der Waals surface area contributed by atoms with Gasteiger partial charge < -0.3 is 4.90 Å². The third-order valence-corrected chi connectivity index (χ3v) is 2.64. The second-order valence-corrected chi connectivity index (χ2v) is 3.77. The van der Waals surface area contributed by atoms with Crippen molar-refractivity contribution in [2.75, 3.05) is 18.0 Å². The number of rotatable bonds is 2. The molecular formula is C10H13N3O2. The van der Waals surface area contributed by atoms with Crippen LogP contribution in [0, 0.1) is 17.0 Å². The topological polar surface area (TPSA) is 59.3 Å². The normalized spacial score (nSPS) is 15.7. The smallest absolute Gasteiger partial charge is 0.310 e. The second kappa shape index (κ2) is 3.84. The zero-order valence-corrected chi connectivity index (χ0v) is 8.64. The van der Waals surface area contributed by atoms with E-state index in [2.05, 4.69) is 9.88 Å². The van der Waals surface area contributed by atoms with Crippen molar-refractivity contribution in [1.29, 1.82) is 0 Å². The first-order valence-electron chi connectivity index (χ1n) is 5.04. The lowest BCUT2D eigenvalue weighted by atomic mass is 10.2. The summed E-state index contributed by atoms with van der Waals surface area (Å²) in [4.78, 5) is 16.5. The number of pyridine rings is 1. The molecule has 0 unspecified atom stereocenters. The molecule has 1 aromatic rings. The lowest BCUT2D eigenvalue weighted by molar-refractivity contribution is -0.384. The van der Waals surface area contributed by atoms with Crippen LogP contribution in [0.1, 0.15) is 18.5 Å². The molecule has 1 aromatic heterocycles. The lowest BCUT2D eigenvalue weighted by Gasteiger charge is -2.17. The first-order chi connectivity index (χ1) is 7.18. The Labute approximate surface area is 87.9 Å². The Hall–Kier alpha value is -1.65. The Morgan fingerprint density at radius 3 is 2.73 bits per heavy atom. The monoisotopic (exact) mass is 207 g/mol. The van der Waals surface area contributed by atoms with E-state index >= 15 is 0 Å². The summed E-state index contributed by atoms with van der Waals surface area (Å²) in [6.07, 6.45) is 3.57. The van der Waals surface area contributed by atoms with Crippen molar-refractivity contribution in [2.45, 2.75) is 19.8 Å². The molecule has 1 fully saturated rings. The summed E-state index contributed by atoms with van der Waals surface area (Å²) in [5.74, 6) is 0. The number of aryl methyl sites for hydroxylation is 1. The van der Waals surface area contributed by atoms with Crippen molar-refractivity contribution in [1.82, 2.24) is 4.98 Å². The summed E-state index contributed by atoms with van der Waals surface area (Å²) in [5, 5.41) is 10.8. The average molecular weight is 207 g/mol. The number of hydrogen-bond acceptors (Lipinski definition) is 4. The fourth-order valence-corrected chi connectivity index (χ4v) is 1.89. The number of anilines is 1. The molecule has 0 aliphatic carbocycles. The molecule has 0 bridgehead atoms. The van der Waals surface area contributed by atoms with Gasteiger partial charge in [0.25, 0.3) is 0 Å². The van der Waals surface area contributed by atoms with Crippen LogP contribution < -0.4 is 4.90 Å². The number of nitrogens with zero attached hydrogens (tertiary/aromatic N) is 3. The Morgan fingerprint density at radius 1 is 1.47 bits per heavy atom.